The van der Waals surface area contributed by atoms with E-state index in [2.05, 4.69) is 64.0 Å². The maximum absolute atomic E-state index is 7.51. The van der Waals surface area contributed by atoms with E-state index in [1.54, 1.807) is 6.07 Å². The van der Waals surface area contributed by atoms with Gasteiger partial charge in [-0.1, -0.05) is 103 Å². The molecule has 0 radical (unpaired) electrons. The second-order valence-electron chi connectivity index (χ2n) is 11.2. The molecule has 214 valence electrons. The van der Waals surface area contributed by atoms with Crippen LogP contribution in [0, 0.1) is 6.57 Å². The summed E-state index contributed by atoms with van der Waals surface area (Å²) in [7, 11) is 0. The van der Waals surface area contributed by atoms with Crippen LogP contribution in [0.1, 0.15) is 0 Å². The van der Waals surface area contributed by atoms with Gasteiger partial charge in [-0.3, -0.25) is 0 Å². The van der Waals surface area contributed by atoms with Gasteiger partial charge in [-0.25, -0.2) is 19.8 Å². The summed E-state index contributed by atoms with van der Waals surface area (Å²) in [6, 6.07) is 46.6. The molecule has 0 saturated heterocycles. The first-order valence-electron chi connectivity index (χ1n) is 15.0. The van der Waals surface area contributed by atoms with Gasteiger partial charge < -0.3 is 8.98 Å². The average molecular weight is 590 g/mol. The number of rotatable bonds is 4. The van der Waals surface area contributed by atoms with Crippen molar-refractivity contribution in [2.75, 3.05) is 0 Å². The van der Waals surface area contributed by atoms with Gasteiger partial charge in [0, 0.05) is 43.9 Å². The smallest absolute Gasteiger partial charge is 0.187 e. The number of benzene rings is 6. The van der Waals surface area contributed by atoms with Crippen LogP contribution in [0.2, 0.25) is 0 Å². The topological polar surface area (TPSA) is 61.1 Å². The van der Waals surface area contributed by atoms with Gasteiger partial charge in [0.25, 0.3) is 0 Å². The van der Waals surface area contributed by atoms with E-state index in [1.807, 2.05) is 78.9 Å². The molecule has 0 saturated carbocycles. The maximum Gasteiger partial charge on any atom is 0.187 e. The number of aromatic nitrogens is 4. The van der Waals surface area contributed by atoms with Crippen molar-refractivity contribution in [1.29, 1.82) is 0 Å². The summed E-state index contributed by atoms with van der Waals surface area (Å²) in [6.07, 6.45) is 0. The van der Waals surface area contributed by atoms with Crippen LogP contribution >= 0.6 is 0 Å². The first kappa shape index (κ1) is 25.9. The molecule has 0 aliphatic heterocycles. The van der Waals surface area contributed by atoms with Crippen molar-refractivity contribution in [3.63, 3.8) is 0 Å². The number of hydrogen-bond donors (Lipinski definition) is 0. The van der Waals surface area contributed by atoms with Crippen LogP contribution in [-0.2, 0) is 0 Å². The fraction of sp³-hybridized carbons (Fsp3) is 0. The van der Waals surface area contributed by atoms with Crippen molar-refractivity contribution in [3.8, 4) is 39.9 Å². The molecular weight excluding hydrogens is 566 g/mol. The summed E-state index contributed by atoms with van der Waals surface area (Å²) in [5.41, 5.74) is 7.82. The Hall–Kier alpha value is -6.58. The molecule has 0 N–H and O–H groups in total. The van der Waals surface area contributed by atoms with Crippen LogP contribution in [0.25, 0.3) is 88.4 Å². The van der Waals surface area contributed by atoms with Crippen LogP contribution in [0.3, 0.4) is 0 Å². The standard InChI is InChI=1S/C40H23N5O/c1-41-28-15-9-13-26(23-28)39-42-38(25-11-3-2-4-12-25)43-40(44-39)27-14-10-16-29(24-27)45-34-19-7-5-17-30(34)32-21-22-33-31-18-6-8-20-35(31)46-37(33)36(32)45/h2-24H. The molecule has 0 amide bonds. The zero-order chi connectivity index (χ0) is 30.6. The second-order valence-corrected chi connectivity index (χ2v) is 11.2. The molecule has 3 heterocycles. The van der Waals surface area contributed by atoms with E-state index < -0.39 is 0 Å². The largest absolute Gasteiger partial charge is 0.454 e. The van der Waals surface area contributed by atoms with Gasteiger partial charge in [0.1, 0.15) is 5.58 Å². The molecule has 9 rings (SSSR count). The van der Waals surface area contributed by atoms with Crippen molar-refractivity contribution >= 4 is 49.4 Å². The van der Waals surface area contributed by atoms with Gasteiger partial charge in [0.05, 0.1) is 17.6 Å². The summed E-state index contributed by atoms with van der Waals surface area (Å²) >= 11 is 0. The summed E-state index contributed by atoms with van der Waals surface area (Å²) < 4.78 is 8.82. The lowest BCUT2D eigenvalue weighted by Gasteiger charge is -2.12. The lowest BCUT2D eigenvalue weighted by atomic mass is 10.1. The Morgan fingerprint density at radius 1 is 0.522 bits per heavy atom. The quantitative estimate of drug-likeness (QED) is 0.192. The molecule has 6 heteroatoms. The maximum atomic E-state index is 7.51. The molecule has 0 atom stereocenters. The molecule has 6 nitrogen and oxygen atoms in total. The van der Waals surface area contributed by atoms with Gasteiger partial charge >= 0.3 is 0 Å². The third kappa shape index (κ3) is 4.07. The highest BCUT2D eigenvalue weighted by molar-refractivity contribution is 6.21. The molecule has 3 aromatic heterocycles. The minimum absolute atomic E-state index is 0.514. The highest BCUT2D eigenvalue weighted by atomic mass is 16.3. The van der Waals surface area contributed by atoms with Gasteiger partial charge in [-0.2, -0.15) is 0 Å². The Morgan fingerprint density at radius 3 is 1.96 bits per heavy atom. The predicted molar refractivity (Wildman–Crippen MR) is 184 cm³/mol. The van der Waals surface area contributed by atoms with Crippen molar-refractivity contribution in [2.24, 2.45) is 0 Å². The Kier molecular flexibility index (Phi) is 5.77. The molecule has 0 spiro atoms. The number of para-hydroxylation sites is 2. The molecule has 0 aliphatic carbocycles. The van der Waals surface area contributed by atoms with E-state index in [1.165, 1.54) is 0 Å². The summed E-state index contributed by atoms with van der Waals surface area (Å²) in [4.78, 5) is 18.4. The SMILES string of the molecule is [C-]#[N+]c1cccc(-c2nc(-c3ccccc3)nc(-c3cccc(-n4c5ccccc5c5ccc6c7ccccc7oc6c54)c3)n2)c1. The van der Waals surface area contributed by atoms with Crippen molar-refractivity contribution in [3.05, 3.63) is 151 Å². The van der Waals surface area contributed by atoms with E-state index in [0.29, 0.717) is 23.2 Å². The van der Waals surface area contributed by atoms with Gasteiger partial charge in [-0.05, 0) is 36.4 Å². The highest BCUT2D eigenvalue weighted by Gasteiger charge is 2.20. The monoisotopic (exact) mass is 589 g/mol. The Morgan fingerprint density at radius 2 is 1.15 bits per heavy atom. The average Bonchev–Trinajstić information content (AvgIpc) is 3.68. The molecule has 9 aromatic rings. The zero-order valence-corrected chi connectivity index (χ0v) is 24.4. The van der Waals surface area contributed by atoms with E-state index in [0.717, 1.165) is 66.1 Å². The highest BCUT2D eigenvalue weighted by Crippen LogP contribution is 2.40. The van der Waals surface area contributed by atoms with Crippen LogP contribution in [0.5, 0.6) is 0 Å². The Balaban J connectivity index is 1.29. The lowest BCUT2D eigenvalue weighted by Crippen LogP contribution is -2.01. The lowest BCUT2D eigenvalue weighted by molar-refractivity contribution is 0.671. The third-order valence-electron chi connectivity index (χ3n) is 8.44. The van der Waals surface area contributed by atoms with Crippen LogP contribution in [-0.4, -0.2) is 19.5 Å². The van der Waals surface area contributed by atoms with Gasteiger partial charge in [-0.15, -0.1) is 0 Å². The van der Waals surface area contributed by atoms with Gasteiger partial charge in [0.15, 0.2) is 28.7 Å². The van der Waals surface area contributed by atoms with Crippen LogP contribution in [0.15, 0.2) is 144 Å². The second kappa shape index (κ2) is 10.3. The van der Waals surface area contributed by atoms with Crippen molar-refractivity contribution < 1.29 is 4.42 Å². The molecule has 0 unspecified atom stereocenters. The molecule has 6 aromatic carbocycles. The van der Waals surface area contributed by atoms with Crippen molar-refractivity contribution in [1.82, 2.24) is 19.5 Å². The summed E-state index contributed by atoms with van der Waals surface area (Å²) in [5.74, 6) is 1.63. The van der Waals surface area contributed by atoms with Gasteiger partial charge in [0.2, 0.25) is 0 Å². The molecule has 46 heavy (non-hydrogen) atoms. The minimum Gasteiger partial charge on any atom is -0.454 e. The first-order chi connectivity index (χ1) is 22.7. The predicted octanol–water partition coefficient (Wildman–Crippen LogP) is 10.4. The molecule has 0 aliphatic rings. The van der Waals surface area contributed by atoms with Crippen molar-refractivity contribution in [2.45, 2.75) is 0 Å². The summed E-state index contributed by atoms with van der Waals surface area (Å²) in [6.45, 7) is 7.51. The molecule has 0 fully saturated rings. The third-order valence-corrected chi connectivity index (χ3v) is 8.44. The fourth-order valence-corrected chi connectivity index (χ4v) is 6.35. The number of furan rings is 1. The molecular formula is C40H23N5O. The minimum atomic E-state index is 0.514. The Labute approximate surface area is 263 Å². The van der Waals surface area contributed by atoms with E-state index in [9.17, 15) is 0 Å². The van der Waals surface area contributed by atoms with E-state index >= 15 is 0 Å². The van der Waals surface area contributed by atoms with E-state index in [4.69, 9.17) is 25.9 Å². The van der Waals surface area contributed by atoms with Crippen LogP contribution in [0.4, 0.5) is 5.69 Å². The fourth-order valence-electron chi connectivity index (χ4n) is 6.35. The number of nitrogens with zero attached hydrogens (tertiary/aromatic N) is 5. The van der Waals surface area contributed by atoms with E-state index in [-0.39, 0.29) is 0 Å². The summed E-state index contributed by atoms with van der Waals surface area (Å²) in [5, 5.41) is 4.46. The normalized spacial score (nSPS) is 11.5. The molecule has 0 bridgehead atoms. The zero-order valence-electron chi connectivity index (χ0n) is 24.4. The number of hydrogen-bond acceptors (Lipinski definition) is 4. The Bertz CT molecular complexity index is 2660. The first-order valence-corrected chi connectivity index (χ1v) is 15.0. The van der Waals surface area contributed by atoms with Crippen LogP contribution < -0.4 is 0 Å². The number of fused-ring (bicyclic) bond motifs is 7.